The van der Waals surface area contributed by atoms with E-state index >= 15 is 0 Å². The van der Waals surface area contributed by atoms with Gasteiger partial charge in [0.15, 0.2) is 0 Å². The van der Waals surface area contributed by atoms with Crippen LogP contribution in [-0.2, 0) is 0 Å². The Kier molecular flexibility index (Phi) is 3.87. The lowest BCUT2D eigenvalue weighted by Gasteiger charge is -2.06. The van der Waals surface area contributed by atoms with Gasteiger partial charge in [-0.1, -0.05) is 0 Å². The molecule has 0 saturated carbocycles. The fourth-order valence-electron chi connectivity index (χ4n) is 2.47. The quantitative estimate of drug-likeness (QED) is 0.469. The molecule has 0 fully saturated rings. The fourth-order valence-corrected chi connectivity index (χ4v) is 3.54. The average Bonchev–Trinajstić information content (AvgIpc) is 3.08. The number of ether oxygens (including phenoxy) is 1. The zero-order valence-electron chi connectivity index (χ0n) is 12.9. The van der Waals surface area contributed by atoms with E-state index < -0.39 is 0 Å². The van der Waals surface area contributed by atoms with Crippen LogP contribution in [0.3, 0.4) is 0 Å². The van der Waals surface area contributed by atoms with Crippen molar-refractivity contribution < 1.29 is 9.84 Å². The maximum Gasteiger partial charge on any atom is 0.148 e. The SMILES string of the molecule is O=Nc1ccc(Oc2ccnc3cc(-c4ccc(O)cc4)sc23)cc1. The van der Waals surface area contributed by atoms with Gasteiger partial charge in [-0.05, 0) is 65.3 Å². The number of aromatic hydroxyl groups is 1. The van der Waals surface area contributed by atoms with E-state index in [0.29, 0.717) is 17.2 Å². The number of pyridine rings is 1. The number of rotatable bonds is 4. The number of benzene rings is 2. The van der Waals surface area contributed by atoms with Crippen LogP contribution in [0.5, 0.6) is 17.2 Å². The topological polar surface area (TPSA) is 71.8 Å². The summed E-state index contributed by atoms with van der Waals surface area (Å²) in [6, 6.07) is 17.5. The normalized spacial score (nSPS) is 10.7. The van der Waals surface area contributed by atoms with Crippen molar-refractivity contribution in [3.63, 3.8) is 0 Å². The van der Waals surface area contributed by atoms with E-state index in [1.807, 2.05) is 24.3 Å². The molecule has 2 aromatic carbocycles. The highest BCUT2D eigenvalue weighted by Gasteiger charge is 2.11. The molecule has 0 atom stereocenters. The molecule has 2 heterocycles. The predicted octanol–water partition coefficient (Wildman–Crippen LogP) is 5.86. The molecule has 0 aliphatic rings. The van der Waals surface area contributed by atoms with E-state index in [1.165, 1.54) is 0 Å². The Balaban J connectivity index is 1.71. The van der Waals surface area contributed by atoms with Gasteiger partial charge in [0.1, 0.15) is 22.9 Å². The van der Waals surface area contributed by atoms with Crippen LogP contribution in [0.1, 0.15) is 0 Å². The van der Waals surface area contributed by atoms with Crippen molar-refractivity contribution in [1.29, 1.82) is 0 Å². The maximum atomic E-state index is 10.5. The largest absolute Gasteiger partial charge is 0.508 e. The smallest absolute Gasteiger partial charge is 0.148 e. The number of aromatic nitrogens is 1. The minimum absolute atomic E-state index is 0.236. The van der Waals surface area contributed by atoms with E-state index in [0.717, 1.165) is 20.7 Å². The van der Waals surface area contributed by atoms with Crippen LogP contribution < -0.4 is 4.74 Å². The molecule has 0 spiro atoms. The molecule has 0 saturated heterocycles. The van der Waals surface area contributed by atoms with Crippen molar-refractivity contribution >= 4 is 27.2 Å². The summed E-state index contributed by atoms with van der Waals surface area (Å²) in [6.07, 6.45) is 1.70. The van der Waals surface area contributed by atoms with Gasteiger partial charge in [0.2, 0.25) is 0 Å². The van der Waals surface area contributed by atoms with Crippen LogP contribution in [0, 0.1) is 4.91 Å². The van der Waals surface area contributed by atoms with Gasteiger partial charge in [-0.3, -0.25) is 4.98 Å². The summed E-state index contributed by atoms with van der Waals surface area (Å²) >= 11 is 1.57. The van der Waals surface area contributed by atoms with Gasteiger partial charge in [0.25, 0.3) is 0 Å². The summed E-state index contributed by atoms with van der Waals surface area (Å²) in [5.41, 5.74) is 2.21. The first-order valence-corrected chi connectivity index (χ1v) is 8.34. The lowest BCUT2D eigenvalue weighted by atomic mass is 10.2. The number of nitroso groups, excluding NO2 is 1. The molecule has 5 nitrogen and oxygen atoms in total. The molecule has 0 aliphatic heterocycles. The molecule has 4 rings (SSSR count). The Morgan fingerprint density at radius 2 is 1.76 bits per heavy atom. The molecule has 2 aromatic heterocycles. The minimum atomic E-state index is 0.236. The van der Waals surface area contributed by atoms with Crippen LogP contribution in [-0.4, -0.2) is 10.1 Å². The van der Waals surface area contributed by atoms with Crippen molar-refractivity contribution in [2.45, 2.75) is 0 Å². The highest BCUT2D eigenvalue weighted by molar-refractivity contribution is 7.22. The Labute approximate surface area is 147 Å². The first-order valence-electron chi connectivity index (χ1n) is 7.52. The highest BCUT2D eigenvalue weighted by Crippen LogP contribution is 2.39. The van der Waals surface area contributed by atoms with Crippen LogP contribution in [0.2, 0.25) is 0 Å². The van der Waals surface area contributed by atoms with Crippen LogP contribution >= 0.6 is 11.3 Å². The monoisotopic (exact) mass is 348 g/mol. The van der Waals surface area contributed by atoms with Crippen molar-refractivity contribution in [3.05, 3.63) is 71.8 Å². The van der Waals surface area contributed by atoms with E-state index in [-0.39, 0.29) is 5.75 Å². The van der Waals surface area contributed by atoms with Gasteiger partial charge in [-0.25, -0.2) is 0 Å². The Morgan fingerprint density at radius 1 is 1.00 bits per heavy atom. The Bertz CT molecular complexity index is 1040. The molecule has 4 aromatic rings. The highest BCUT2D eigenvalue weighted by atomic mass is 32.1. The van der Waals surface area contributed by atoms with Gasteiger partial charge < -0.3 is 9.84 Å². The third kappa shape index (κ3) is 3.07. The second-order valence-electron chi connectivity index (χ2n) is 5.37. The Morgan fingerprint density at radius 3 is 2.48 bits per heavy atom. The van der Waals surface area contributed by atoms with Crippen molar-refractivity contribution in [3.8, 4) is 27.7 Å². The number of phenols is 1. The van der Waals surface area contributed by atoms with Crippen molar-refractivity contribution in [2.24, 2.45) is 5.18 Å². The van der Waals surface area contributed by atoms with Crippen LogP contribution in [0.4, 0.5) is 5.69 Å². The van der Waals surface area contributed by atoms with E-state index in [4.69, 9.17) is 4.74 Å². The average molecular weight is 348 g/mol. The maximum absolute atomic E-state index is 10.5. The lowest BCUT2D eigenvalue weighted by Crippen LogP contribution is -1.84. The number of hydrogen-bond acceptors (Lipinski definition) is 6. The van der Waals surface area contributed by atoms with Crippen molar-refractivity contribution in [1.82, 2.24) is 4.98 Å². The van der Waals surface area contributed by atoms with E-state index in [2.05, 4.69) is 10.2 Å². The summed E-state index contributed by atoms with van der Waals surface area (Å²) in [4.78, 5) is 15.9. The molecule has 0 unspecified atom stereocenters. The third-order valence-corrected chi connectivity index (χ3v) is 4.89. The van der Waals surface area contributed by atoms with E-state index in [9.17, 15) is 10.0 Å². The summed E-state index contributed by atoms with van der Waals surface area (Å²) in [6.45, 7) is 0. The lowest BCUT2D eigenvalue weighted by molar-refractivity contribution is 0.475. The van der Waals surface area contributed by atoms with Crippen LogP contribution in [0.25, 0.3) is 20.7 Å². The molecule has 25 heavy (non-hydrogen) atoms. The molecular formula is C19H12N2O3S. The number of phenolic OH excluding ortho intramolecular Hbond substituents is 1. The Hall–Kier alpha value is -3.25. The minimum Gasteiger partial charge on any atom is -0.508 e. The predicted molar refractivity (Wildman–Crippen MR) is 98.7 cm³/mol. The van der Waals surface area contributed by atoms with Gasteiger partial charge in [-0.15, -0.1) is 16.2 Å². The van der Waals surface area contributed by atoms with Crippen molar-refractivity contribution in [2.75, 3.05) is 0 Å². The standard InChI is InChI=1S/C19H12N2O3S/c22-14-5-1-12(2-6-14)18-11-16-19(25-18)17(9-10-20-16)24-15-7-3-13(21-23)4-8-15/h1-11,22H. The summed E-state index contributed by atoms with van der Waals surface area (Å²) in [5, 5.41) is 12.3. The first-order chi connectivity index (χ1) is 12.2. The fraction of sp³-hybridized carbons (Fsp3) is 0. The molecule has 0 amide bonds. The van der Waals surface area contributed by atoms with Gasteiger partial charge in [0, 0.05) is 17.1 Å². The van der Waals surface area contributed by atoms with Crippen LogP contribution in [0.15, 0.2) is 72.0 Å². The second kappa shape index (κ2) is 6.33. The number of hydrogen-bond donors (Lipinski definition) is 1. The zero-order chi connectivity index (χ0) is 17.2. The van der Waals surface area contributed by atoms with Gasteiger partial charge >= 0.3 is 0 Å². The number of nitrogens with zero attached hydrogens (tertiary/aromatic N) is 2. The molecule has 122 valence electrons. The molecule has 0 bridgehead atoms. The summed E-state index contributed by atoms with van der Waals surface area (Å²) in [5.74, 6) is 1.56. The molecule has 1 N–H and O–H groups in total. The number of thiophene rings is 1. The molecule has 0 radical (unpaired) electrons. The second-order valence-corrected chi connectivity index (χ2v) is 6.42. The molecule has 6 heteroatoms. The number of fused-ring (bicyclic) bond motifs is 1. The zero-order valence-corrected chi connectivity index (χ0v) is 13.7. The van der Waals surface area contributed by atoms with E-state index in [1.54, 1.807) is 53.9 Å². The third-order valence-electron chi connectivity index (χ3n) is 3.70. The molecule has 0 aliphatic carbocycles. The summed E-state index contributed by atoms with van der Waals surface area (Å²) in [7, 11) is 0. The first kappa shape index (κ1) is 15.3. The van der Waals surface area contributed by atoms with Gasteiger partial charge in [-0.2, -0.15) is 0 Å². The molecular weight excluding hydrogens is 336 g/mol. The summed E-state index contributed by atoms with van der Waals surface area (Å²) < 4.78 is 6.88. The van der Waals surface area contributed by atoms with Gasteiger partial charge in [0.05, 0.1) is 10.2 Å².